The topological polar surface area (TPSA) is 78.5 Å². The van der Waals surface area contributed by atoms with Gasteiger partial charge < -0.3 is 10.2 Å². The number of amides is 1. The smallest absolute Gasteiger partial charge is 0.254 e. The summed E-state index contributed by atoms with van der Waals surface area (Å²) in [5.41, 5.74) is 0.234. The number of carbonyl (C=O) groups excluding carboxylic acids is 1. The van der Waals surface area contributed by atoms with Crippen LogP contribution >= 0.6 is 12.4 Å². The van der Waals surface area contributed by atoms with E-state index in [9.17, 15) is 13.2 Å². The summed E-state index contributed by atoms with van der Waals surface area (Å²) in [6.07, 6.45) is 3.39. The van der Waals surface area contributed by atoms with Crippen LogP contribution in [0.2, 0.25) is 0 Å². The fourth-order valence-electron chi connectivity index (χ4n) is 2.80. The van der Waals surface area contributed by atoms with Crippen molar-refractivity contribution >= 4 is 28.3 Å². The molecule has 6 nitrogen and oxygen atoms in total. The van der Waals surface area contributed by atoms with Gasteiger partial charge in [-0.05, 0) is 44.5 Å². The molecule has 142 valence electrons. The first-order chi connectivity index (χ1) is 11.5. The normalized spacial score (nSPS) is 15.4. The average molecular weight is 390 g/mol. The number of halogens is 1. The molecule has 2 rings (SSSR count). The second-order valence-electron chi connectivity index (χ2n) is 6.22. The maximum Gasteiger partial charge on any atom is 0.254 e. The van der Waals surface area contributed by atoms with Crippen LogP contribution in [0.3, 0.4) is 0 Å². The molecule has 0 spiro atoms. The second-order valence-corrected chi connectivity index (χ2v) is 7.90. The van der Waals surface area contributed by atoms with Crippen molar-refractivity contribution in [3.8, 4) is 0 Å². The lowest BCUT2D eigenvalue weighted by Gasteiger charge is -2.24. The maximum absolute atomic E-state index is 12.8. The predicted octanol–water partition coefficient (Wildman–Crippen LogP) is 2.01. The highest BCUT2D eigenvalue weighted by Gasteiger charge is 2.26. The van der Waals surface area contributed by atoms with E-state index in [0.717, 1.165) is 38.8 Å². The van der Waals surface area contributed by atoms with E-state index < -0.39 is 10.0 Å². The van der Waals surface area contributed by atoms with Gasteiger partial charge in [-0.3, -0.25) is 4.79 Å². The van der Waals surface area contributed by atoms with Crippen LogP contribution in [-0.2, 0) is 10.0 Å². The Hall–Kier alpha value is -1.15. The van der Waals surface area contributed by atoms with Crippen molar-refractivity contribution in [3.05, 3.63) is 29.8 Å². The van der Waals surface area contributed by atoms with Crippen molar-refractivity contribution in [1.82, 2.24) is 14.9 Å². The number of hydrogen-bond acceptors (Lipinski definition) is 4. The van der Waals surface area contributed by atoms with Crippen molar-refractivity contribution in [2.45, 2.75) is 43.5 Å². The standard InChI is InChI=1S/C17H27N3O3S.ClH/c1-3-4-13-20(2)17(21)15-7-5-6-8-16(15)24(22,23)19-14-9-11-18-12-10-14;/h5-8,14,18-19H,3-4,9-13H2,1-2H3;1H. The fraction of sp³-hybridized carbons (Fsp3) is 0.588. The van der Waals surface area contributed by atoms with Crippen LogP contribution < -0.4 is 10.0 Å². The highest BCUT2D eigenvalue weighted by Crippen LogP contribution is 2.19. The zero-order chi connectivity index (χ0) is 17.6. The van der Waals surface area contributed by atoms with Crippen LogP contribution in [0.4, 0.5) is 0 Å². The summed E-state index contributed by atoms with van der Waals surface area (Å²) in [4.78, 5) is 14.3. The molecule has 0 saturated carbocycles. The Morgan fingerprint density at radius 2 is 1.92 bits per heavy atom. The van der Waals surface area contributed by atoms with E-state index in [1.807, 2.05) is 0 Å². The Labute approximate surface area is 156 Å². The monoisotopic (exact) mass is 389 g/mol. The van der Waals surface area contributed by atoms with Crippen molar-refractivity contribution < 1.29 is 13.2 Å². The number of sulfonamides is 1. The van der Waals surface area contributed by atoms with E-state index in [1.165, 1.54) is 6.07 Å². The molecule has 0 radical (unpaired) electrons. The van der Waals surface area contributed by atoms with Gasteiger partial charge in [0, 0.05) is 19.6 Å². The number of rotatable bonds is 7. The van der Waals surface area contributed by atoms with E-state index >= 15 is 0 Å². The molecule has 0 aliphatic carbocycles. The minimum atomic E-state index is -3.71. The largest absolute Gasteiger partial charge is 0.342 e. The Kier molecular flexibility index (Phi) is 8.85. The summed E-state index contributed by atoms with van der Waals surface area (Å²) in [6, 6.07) is 6.35. The number of nitrogens with one attached hydrogen (secondary N) is 2. The Bertz CT molecular complexity index is 661. The SMILES string of the molecule is CCCCN(C)C(=O)c1ccccc1S(=O)(=O)NC1CCNCC1.Cl. The minimum Gasteiger partial charge on any atom is -0.342 e. The molecule has 1 aliphatic heterocycles. The zero-order valence-corrected chi connectivity index (χ0v) is 16.5. The summed E-state index contributed by atoms with van der Waals surface area (Å²) in [5.74, 6) is -0.255. The number of hydrogen-bond donors (Lipinski definition) is 2. The van der Waals surface area contributed by atoms with Crippen LogP contribution in [0.5, 0.6) is 0 Å². The lowest BCUT2D eigenvalue weighted by molar-refractivity contribution is 0.0789. The lowest BCUT2D eigenvalue weighted by atomic mass is 10.1. The van der Waals surface area contributed by atoms with E-state index in [-0.39, 0.29) is 34.8 Å². The lowest BCUT2D eigenvalue weighted by Crippen LogP contribution is -2.43. The van der Waals surface area contributed by atoms with Gasteiger partial charge in [0.15, 0.2) is 0 Å². The van der Waals surface area contributed by atoms with Gasteiger partial charge in [0.05, 0.1) is 10.5 Å². The molecule has 8 heteroatoms. The van der Waals surface area contributed by atoms with Crippen LogP contribution in [-0.4, -0.2) is 51.9 Å². The Morgan fingerprint density at radius 1 is 1.28 bits per heavy atom. The third-order valence-corrected chi connectivity index (χ3v) is 5.84. The van der Waals surface area contributed by atoms with Gasteiger partial charge in [-0.2, -0.15) is 0 Å². The van der Waals surface area contributed by atoms with Crippen LogP contribution in [0.15, 0.2) is 29.2 Å². The first-order valence-corrected chi connectivity index (χ1v) is 10.0. The van der Waals surface area contributed by atoms with Crippen LogP contribution in [0, 0.1) is 0 Å². The molecule has 1 aromatic carbocycles. The molecule has 1 heterocycles. The van der Waals surface area contributed by atoms with Crippen molar-refractivity contribution in [2.24, 2.45) is 0 Å². The molecule has 0 bridgehead atoms. The van der Waals surface area contributed by atoms with Gasteiger partial charge in [-0.25, -0.2) is 13.1 Å². The summed E-state index contributed by atoms with van der Waals surface area (Å²) in [5, 5.41) is 3.21. The average Bonchev–Trinajstić information content (AvgIpc) is 2.59. The van der Waals surface area contributed by atoms with E-state index in [0.29, 0.717) is 6.54 Å². The Morgan fingerprint density at radius 3 is 2.56 bits per heavy atom. The summed E-state index contributed by atoms with van der Waals surface area (Å²) < 4.78 is 28.3. The summed E-state index contributed by atoms with van der Waals surface area (Å²) in [7, 11) is -2.00. The Balaban J connectivity index is 0.00000312. The van der Waals surface area contributed by atoms with E-state index in [4.69, 9.17) is 0 Å². The van der Waals surface area contributed by atoms with E-state index in [2.05, 4.69) is 17.0 Å². The van der Waals surface area contributed by atoms with E-state index in [1.54, 1.807) is 30.1 Å². The molecular weight excluding hydrogens is 362 g/mol. The van der Waals surface area contributed by atoms with Gasteiger partial charge in [-0.15, -0.1) is 12.4 Å². The van der Waals surface area contributed by atoms with Gasteiger partial charge >= 0.3 is 0 Å². The zero-order valence-electron chi connectivity index (χ0n) is 14.8. The first-order valence-electron chi connectivity index (χ1n) is 8.53. The number of piperidine rings is 1. The number of unbranched alkanes of at least 4 members (excludes halogenated alkanes) is 1. The van der Waals surface area contributed by atoms with Gasteiger partial charge in [0.1, 0.15) is 0 Å². The van der Waals surface area contributed by atoms with Crippen molar-refractivity contribution in [3.63, 3.8) is 0 Å². The predicted molar refractivity (Wildman–Crippen MR) is 102 cm³/mol. The molecule has 1 saturated heterocycles. The van der Waals surface area contributed by atoms with Crippen LogP contribution in [0.25, 0.3) is 0 Å². The highest BCUT2D eigenvalue weighted by atomic mass is 35.5. The minimum absolute atomic E-state index is 0. The van der Waals surface area contributed by atoms with Crippen molar-refractivity contribution in [1.29, 1.82) is 0 Å². The number of carbonyl (C=O) groups is 1. The number of nitrogens with zero attached hydrogens (tertiary/aromatic N) is 1. The second kappa shape index (κ2) is 10.1. The molecule has 0 unspecified atom stereocenters. The quantitative estimate of drug-likeness (QED) is 0.747. The van der Waals surface area contributed by atoms with Gasteiger partial charge in [0.25, 0.3) is 5.91 Å². The molecule has 1 aromatic rings. The summed E-state index contributed by atoms with van der Waals surface area (Å²) >= 11 is 0. The summed E-state index contributed by atoms with van der Waals surface area (Å²) in [6.45, 7) is 4.27. The third kappa shape index (κ3) is 5.95. The maximum atomic E-state index is 12.8. The molecule has 2 N–H and O–H groups in total. The van der Waals surface area contributed by atoms with Gasteiger partial charge in [-0.1, -0.05) is 25.5 Å². The molecular formula is C17H28ClN3O3S. The number of benzene rings is 1. The molecule has 25 heavy (non-hydrogen) atoms. The highest BCUT2D eigenvalue weighted by molar-refractivity contribution is 7.89. The molecule has 1 aliphatic rings. The molecule has 0 aromatic heterocycles. The fourth-order valence-corrected chi connectivity index (χ4v) is 4.31. The first kappa shape index (κ1) is 21.9. The molecule has 1 amide bonds. The molecule has 1 fully saturated rings. The third-order valence-electron chi connectivity index (χ3n) is 4.26. The van der Waals surface area contributed by atoms with Crippen LogP contribution in [0.1, 0.15) is 43.0 Å². The van der Waals surface area contributed by atoms with Gasteiger partial charge in [0.2, 0.25) is 10.0 Å². The van der Waals surface area contributed by atoms with Crippen molar-refractivity contribution in [2.75, 3.05) is 26.7 Å². The molecule has 0 atom stereocenters.